The van der Waals surface area contributed by atoms with Gasteiger partial charge in [-0.05, 0) is 30.5 Å². The van der Waals surface area contributed by atoms with Gasteiger partial charge in [-0.15, -0.1) is 0 Å². The van der Waals surface area contributed by atoms with E-state index < -0.39 is 0 Å². The lowest BCUT2D eigenvalue weighted by Gasteiger charge is -2.21. The molecule has 0 aromatic heterocycles. The second-order valence-electron chi connectivity index (χ2n) is 4.82. The predicted molar refractivity (Wildman–Crippen MR) is 73.9 cm³/mol. The molecular formula is C14H20BrNO. The Balaban J connectivity index is 1.85. The van der Waals surface area contributed by atoms with Crippen molar-refractivity contribution in [3.8, 4) is 0 Å². The molecule has 94 valence electrons. The highest BCUT2D eigenvalue weighted by atomic mass is 79.9. The molecule has 0 bridgehead atoms. The van der Waals surface area contributed by atoms with Gasteiger partial charge in [-0.1, -0.05) is 47.3 Å². The minimum atomic E-state index is -0.173. The quantitative estimate of drug-likeness (QED) is 0.840. The van der Waals surface area contributed by atoms with E-state index in [1.54, 1.807) is 0 Å². The number of aliphatic hydroxyl groups is 1. The van der Waals surface area contributed by atoms with Crippen LogP contribution in [0.15, 0.2) is 28.7 Å². The van der Waals surface area contributed by atoms with Gasteiger partial charge in [0.15, 0.2) is 0 Å². The molecule has 1 aromatic carbocycles. The molecule has 0 aliphatic heterocycles. The Bertz CT molecular complexity index is 339. The molecule has 1 aliphatic carbocycles. The number of hydrogen-bond acceptors (Lipinski definition) is 2. The number of hydrogen-bond donors (Lipinski definition) is 2. The van der Waals surface area contributed by atoms with Crippen LogP contribution >= 0.6 is 15.9 Å². The van der Waals surface area contributed by atoms with Crippen molar-refractivity contribution in [1.82, 2.24) is 5.32 Å². The Morgan fingerprint density at radius 3 is 2.59 bits per heavy atom. The van der Waals surface area contributed by atoms with Gasteiger partial charge in [0.2, 0.25) is 0 Å². The molecule has 0 amide bonds. The van der Waals surface area contributed by atoms with E-state index in [2.05, 4.69) is 45.5 Å². The third-order valence-corrected chi connectivity index (χ3v) is 3.99. The zero-order valence-electron chi connectivity index (χ0n) is 10.0. The van der Waals surface area contributed by atoms with Gasteiger partial charge < -0.3 is 10.4 Å². The maximum Gasteiger partial charge on any atom is 0.0693 e. The molecule has 3 heteroatoms. The molecule has 1 saturated carbocycles. The van der Waals surface area contributed by atoms with E-state index >= 15 is 0 Å². The van der Waals surface area contributed by atoms with Crippen molar-refractivity contribution in [3.05, 3.63) is 34.3 Å². The lowest BCUT2D eigenvalue weighted by atomic mass is 10.1. The lowest BCUT2D eigenvalue weighted by molar-refractivity contribution is 0.119. The van der Waals surface area contributed by atoms with Crippen LogP contribution in [0.2, 0.25) is 0 Å². The van der Waals surface area contributed by atoms with E-state index in [0.717, 1.165) is 30.3 Å². The molecule has 1 aromatic rings. The summed E-state index contributed by atoms with van der Waals surface area (Å²) < 4.78 is 1.11. The van der Waals surface area contributed by atoms with Crippen LogP contribution in [-0.2, 0) is 6.54 Å². The minimum Gasteiger partial charge on any atom is -0.392 e. The Labute approximate surface area is 112 Å². The van der Waals surface area contributed by atoms with Crippen molar-refractivity contribution in [1.29, 1.82) is 0 Å². The van der Waals surface area contributed by atoms with Crippen molar-refractivity contribution in [2.45, 2.75) is 50.8 Å². The molecular weight excluding hydrogens is 278 g/mol. The molecule has 0 saturated heterocycles. The lowest BCUT2D eigenvalue weighted by Crippen LogP contribution is -2.38. The fourth-order valence-electron chi connectivity index (χ4n) is 2.38. The Hall–Kier alpha value is -0.380. The van der Waals surface area contributed by atoms with Gasteiger partial charge in [0, 0.05) is 17.1 Å². The van der Waals surface area contributed by atoms with Gasteiger partial charge in [-0.25, -0.2) is 0 Å². The first kappa shape index (κ1) is 13.1. The van der Waals surface area contributed by atoms with Gasteiger partial charge in [0.25, 0.3) is 0 Å². The molecule has 17 heavy (non-hydrogen) atoms. The van der Waals surface area contributed by atoms with Crippen LogP contribution < -0.4 is 5.32 Å². The zero-order valence-corrected chi connectivity index (χ0v) is 11.6. The number of halogens is 1. The van der Waals surface area contributed by atoms with E-state index in [1.807, 2.05) is 0 Å². The largest absolute Gasteiger partial charge is 0.392 e. The summed E-state index contributed by atoms with van der Waals surface area (Å²) in [5.74, 6) is 0. The van der Waals surface area contributed by atoms with Gasteiger partial charge in [-0.2, -0.15) is 0 Å². The average Bonchev–Trinajstić information content (AvgIpc) is 2.54. The Morgan fingerprint density at radius 2 is 1.82 bits per heavy atom. The molecule has 1 fully saturated rings. The molecule has 2 nitrogen and oxygen atoms in total. The van der Waals surface area contributed by atoms with Crippen molar-refractivity contribution in [2.24, 2.45) is 0 Å². The summed E-state index contributed by atoms with van der Waals surface area (Å²) in [7, 11) is 0. The molecule has 2 N–H and O–H groups in total. The molecule has 0 radical (unpaired) electrons. The van der Waals surface area contributed by atoms with Gasteiger partial charge in [0.05, 0.1) is 6.10 Å². The van der Waals surface area contributed by atoms with E-state index in [-0.39, 0.29) is 12.1 Å². The SMILES string of the molecule is OC1CCCCCC1NCc1ccc(Br)cc1. The second kappa shape index (κ2) is 6.53. The summed E-state index contributed by atoms with van der Waals surface area (Å²) in [6.45, 7) is 0.842. The van der Waals surface area contributed by atoms with Crippen LogP contribution in [0, 0.1) is 0 Å². The Morgan fingerprint density at radius 1 is 1.12 bits per heavy atom. The number of aliphatic hydroxyl groups excluding tert-OH is 1. The highest BCUT2D eigenvalue weighted by Gasteiger charge is 2.20. The Kier molecular flexibility index (Phi) is 5.01. The molecule has 2 atom stereocenters. The first-order valence-electron chi connectivity index (χ1n) is 6.41. The van der Waals surface area contributed by atoms with Crippen LogP contribution in [-0.4, -0.2) is 17.3 Å². The summed E-state index contributed by atoms with van der Waals surface area (Å²) in [5.41, 5.74) is 1.27. The number of benzene rings is 1. The van der Waals surface area contributed by atoms with Gasteiger partial charge in [0.1, 0.15) is 0 Å². The third-order valence-electron chi connectivity index (χ3n) is 3.46. The topological polar surface area (TPSA) is 32.3 Å². The summed E-state index contributed by atoms with van der Waals surface area (Å²) in [4.78, 5) is 0. The zero-order chi connectivity index (χ0) is 12.1. The monoisotopic (exact) mass is 297 g/mol. The molecule has 2 rings (SSSR count). The van der Waals surface area contributed by atoms with Crippen LogP contribution in [0.1, 0.15) is 37.7 Å². The maximum absolute atomic E-state index is 10.0. The first-order valence-corrected chi connectivity index (χ1v) is 7.21. The van der Waals surface area contributed by atoms with Crippen molar-refractivity contribution in [2.75, 3.05) is 0 Å². The fraction of sp³-hybridized carbons (Fsp3) is 0.571. The number of rotatable bonds is 3. The minimum absolute atomic E-state index is 0.173. The highest BCUT2D eigenvalue weighted by molar-refractivity contribution is 9.10. The molecule has 1 aliphatic rings. The maximum atomic E-state index is 10.0. The summed E-state index contributed by atoms with van der Waals surface area (Å²) in [6, 6.07) is 8.60. The number of nitrogens with one attached hydrogen (secondary N) is 1. The smallest absolute Gasteiger partial charge is 0.0693 e. The van der Waals surface area contributed by atoms with E-state index in [4.69, 9.17) is 0 Å². The predicted octanol–water partition coefficient (Wildman–Crippen LogP) is 3.23. The third kappa shape index (κ3) is 4.09. The highest BCUT2D eigenvalue weighted by Crippen LogP contribution is 2.18. The normalized spacial score (nSPS) is 25.5. The van der Waals surface area contributed by atoms with Crippen LogP contribution in [0.4, 0.5) is 0 Å². The summed E-state index contributed by atoms with van der Waals surface area (Å²) in [5, 5.41) is 13.5. The van der Waals surface area contributed by atoms with Crippen LogP contribution in [0.3, 0.4) is 0 Å². The van der Waals surface area contributed by atoms with Crippen LogP contribution in [0.5, 0.6) is 0 Å². The summed E-state index contributed by atoms with van der Waals surface area (Å²) >= 11 is 3.43. The standard InChI is InChI=1S/C14H20BrNO/c15-12-8-6-11(7-9-12)10-16-13-4-2-1-3-5-14(13)17/h6-9,13-14,16-17H,1-5,10H2. The van der Waals surface area contributed by atoms with Crippen molar-refractivity contribution < 1.29 is 5.11 Å². The van der Waals surface area contributed by atoms with Crippen molar-refractivity contribution in [3.63, 3.8) is 0 Å². The molecule has 0 spiro atoms. The molecule has 0 heterocycles. The summed E-state index contributed by atoms with van der Waals surface area (Å²) in [6.07, 6.45) is 5.52. The van der Waals surface area contributed by atoms with Gasteiger partial charge >= 0.3 is 0 Å². The van der Waals surface area contributed by atoms with E-state index in [1.165, 1.54) is 18.4 Å². The van der Waals surface area contributed by atoms with E-state index in [0.29, 0.717) is 0 Å². The van der Waals surface area contributed by atoms with Crippen LogP contribution in [0.25, 0.3) is 0 Å². The van der Waals surface area contributed by atoms with E-state index in [9.17, 15) is 5.11 Å². The fourth-order valence-corrected chi connectivity index (χ4v) is 2.64. The average molecular weight is 298 g/mol. The first-order chi connectivity index (χ1) is 8.25. The van der Waals surface area contributed by atoms with Crippen molar-refractivity contribution >= 4 is 15.9 Å². The van der Waals surface area contributed by atoms with Gasteiger partial charge in [-0.3, -0.25) is 0 Å². The second-order valence-corrected chi connectivity index (χ2v) is 5.73. The molecule has 2 unspecified atom stereocenters.